The summed E-state index contributed by atoms with van der Waals surface area (Å²) in [7, 11) is -3.65. The van der Waals surface area contributed by atoms with E-state index in [1.54, 1.807) is 36.5 Å². The quantitative estimate of drug-likeness (QED) is 0.412. The lowest BCUT2D eigenvalue weighted by Crippen LogP contribution is -2.51. The number of nitrogens with one attached hydrogen (secondary N) is 1. The number of hydrogen-bond donors (Lipinski definition) is 3. The van der Waals surface area contributed by atoms with Gasteiger partial charge in [-0.3, -0.25) is 0 Å². The van der Waals surface area contributed by atoms with Crippen LogP contribution < -0.4 is 5.32 Å². The molecular weight excluding hydrogens is 490 g/mol. The van der Waals surface area contributed by atoms with E-state index in [0.29, 0.717) is 44.1 Å². The molecule has 196 valence electrons. The number of nitrogens with zero attached hydrogens (tertiary/aromatic N) is 4. The SMILES string of the molecule is O=S(=O)(c1ccc(Nc2nccc(-c3ccc(CO)cc3)n2)cc1)N1CCC(O)(CN2CCCC2)CC1. The first kappa shape index (κ1) is 25.7. The van der Waals surface area contributed by atoms with Gasteiger partial charge in [0.05, 0.1) is 22.8 Å². The normalized spacial score (nSPS) is 18.6. The number of aromatic nitrogens is 2. The molecule has 0 amide bonds. The summed E-state index contributed by atoms with van der Waals surface area (Å²) in [5.74, 6) is 0.396. The molecule has 2 aliphatic heterocycles. The first-order valence-corrected chi connectivity index (χ1v) is 14.1. The van der Waals surface area contributed by atoms with E-state index in [2.05, 4.69) is 20.2 Å². The molecule has 0 aliphatic carbocycles. The van der Waals surface area contributed by atoms with Crippen molar-refractivity contribution in [2.45, 2.75) is 42.8 Å². The maximum atomic E-state index is 13.2. The van der Waals surface area contributed by atoms with Crippen molar-refractivity contribution < 1.29 is 18.6 Å². The molecule has 0 saturated carbocycles. The zero-order valence-electron chi connectivity index (χ0n) is 20.8. The second-order valence-electron chi connectivity index (χ2n) is 9.88. The first-order chi connectivity index (χ1) is 17.8. The molecule has 2 aromatic carbocycles. The van der Waals surface area contributed by atoms with Crippen molar-refractivity contribution in [3.8, 4) is 11.3 Å². The van der Waals surface area contributed by atoms with Crippen molar-refractivity contribution in [3.63, 3.8) is 0 Å². The molecule has 10 heteroatoms. The van der Waals surface area contributed by atoms with Crippen LogP contribution >= 0.6 is 0 Å². The highest BCUT2D eigenvalue weighted by Crippen LogP contribution is 2.29. The Morgan fingerprint density at radius 1 is 0.919 bits per heavy atom. The smallest absolute Gasteiger partial charge is 0.243 e. The van der Waals surface area contributed by atoms with Crippen molar-refractivity contribution in [1.82, 2.24) is 19.2 Å². The van der Waals surface area contributed by atoms with E-state index in [0.717, 1.165) is 42.8 Å². The van der Waals surface area contributed by atoms with Gasteiger partial charge in [-0.1, -0.05) is 24.3 Å². The fraction of sp³-hybridized carbons (Fsp3) is 0.407. The van der Waals surface area contributed by atoms with Gasteiger partial charge in [0.25, 0.3) is 0 Å². The van der Waals surface area contributed by atoms with Crippen LogP contribution in [-0.4, -0.2) is 76.1 Å². The fourth-order valence-electron chi connectivity index (χ4n) is 5.01. The standard InChI is InChI=1S/C27H33N5O4S/c33-19-21-3-5-22(6-4-21)25-11-14-28-26(30-25)29-23-7-9-24(10-8-23)37(35,36)32-17-12-27(34,13-18-32)20-31-15-1-2-16-31/h3-11,14,33-34H,1-2,12-13,15-20H2,(H,28,29,30). The molecule has 0 radical (unpaired) electrons. The minimum atomic E-state index is -3.65. The molecule has 0 unspecified atom stereocenters. The number of likely N-dealkylation sites (tertiary alicyclic amines) is 1. The van der Waals surface area contributed by atoms with Gasteiger partial charge in [-0.2, -0.15) is 4.31 Å². The lowest BCUT2D eigenvalue weighted by atomic mass is 9.92. The number of piperidine rings is 1. The number of benzene rings is 2. The summed E-state index contributed by atoms with van der Waals surface area (Å²) >= 11 is 0. The maximum absolute atomic E-state index is 13.2. The second-order valence-corrected chi connectivity index (χ2v) is 11.8. The van der Waals surface area contributed by atoms with Crippen LogP contribution in [0.25, 0.3) is 11.3 Å². The highest BCUT2D eigenvalue weighted by Gasteiger charge is 2.38. The number of sulfonamides is 1. The van der Waals surface area contributed by atoms with E-state index >= 15 is 0 Å². The van der Waals surface area contributed by atoms with E-state index in [1.807, 2.05) is 24.3 Å². The summed E-state index contributed by atoms with van der Waals surface area (Å²) in [5.41, 5.74) is 2.31. The van der Waals surface area contributed by atoms with Gasteiger partial charge in [-0.25, -0.2) is 18.4 Å². The minimum Gasteiger partial charge on any atom is -0.392 e. The molecule has 1 aromatic heterocycles. The van der Waals surface area contributed by atoms with Gasteiger partial charge in [0.15, 0.2) is 0 Å². The van der Waals surface area contributed by atoms with Gasteiger partial charge in [-0.05, 0) is 74.7 Å². The summed E-state index contributed by atoms with van der Waals surface area (Å²) in [6, 6.07) is 15.9. The molecule has 2 aliphatic rings. The van der Waals surface area contributed by atoms with Gasteiger partial charge in [-0.15, -0.1) is 0 Å². The number of β-amino-alcohol motifs (C(OH)–C–C–N with tert-alkyl or cyclic N) is 1. The summed E-state index contributed by atoms with van der Waals surface area (Å²) < 4.78 is 27.9. The summed E-state index contributed by atoms with van der Waals surface area (Å²) in [4.78, 5) is 11.3. The lowest BCUT2D eigenvalue weighted by Gasteiger charge is -2.39. The van der Waals surface area contributed by atoms with E-state index in [-0.39, 0.29) is 11.5 Å². The Kier molecular flexibility index (Phi) is 7.55. The van der Waals surface area contributed by atoms with Crippen molar-refractivity contribution in [2.75, 3.05) is 38.0 Å². The number of hydrogen-bond acceptors (Lipinski definition) is 8. The highest BCUT2D eigenvalue weighted by molar-refractivity contribution is 7.89. The number of rotatable bonds is 8. The van der Waals surface area contributed by atoms with Crippen LogP contribution in [0.2, 0.25) is 0 Å². The third kappa shape index (κ3) is 6.00. The van der Waals surface area contributed by atoms with E-state index in [4.69, 9.17) is 0 Å². The summed E-state index contributed by atoms with van der Waals surface area (Å²) in [6.07, 6.45) is 4.87. The Morgan fingerprint density at radius 2 is 1.59 bits per heavy atom. The number of aliphatic hydroxyl groups is 2. The molecule has 0 spiro atoms. The van der Waals surface area contributed by atoms with Crippen LogP contribution in [0.4, 0.5) is 11.6 Å². The lowest BCUT2D eigenvalue weighted by molar-refractivity contribution is -0.0284. The van der Waals surface area contributed by atoms with Gasteiger partial charge in [0.1, 0.15) is 0 Å². The second kappa shape index (κ2) is 10.8. The molecule has 5 rings (SSSR count). The van der Waals surface area contributed by atoms with Crippen LogP contribution in [-0.2, 0) is 16.6 Å². The topological polar surface area (TPSA) is 119 Å². The average molecular weight is 524 g/mol. The zero-order chi connectivity index (χ0) is 25.9. The van der Waals surface area contributed by atoms with Gasteiger partial charge < -0.3 is 20.4 Å². The molecule has 3 heterocycles. The minimum absolute atomic E-state index is 0.0126. The third-order valence-electron chi connectivity index (χ3n) is 7.21. The molecule has 2 saturated heterocycles. The number of anilines is 2. The molecular formula is C27H33N5O4S. The Bertz CT molecular complexity index is 1300. The van der Waals surface area contributed by atoms with E-state index in [9.17, 15) is 18.6 Å². The first-order valence-electron chi connectivity index (χ1n) is 12.7. The Hall–Kier alpha value is -2.89. The molecule has 3 N–H and O–H groups in total. The predicted octanol–water partition coefficient (Wildman–Crippen LogP) is 2.99. The molecule has 0 bridgehead atoms. The molecule has 9 nitrogen and oxygen atoms in total. The largest absolute Gasteiger partial charge is 0.392 e. The van der Waals surface area contributed by atoms with Crippen LogP contribution in [0, 0.1) is 0 Å². The summed E-state index contributed by atoms with van der Waals surface area (Å²) in [6.45, 7) is 3.26. The van der Waals surface area contributed by atoms with Crippen molar-refractivity contribution in [3.05, 3.63) is 66.4 Å². The van der Waals surface area contributed by atoms with Gasteiger partial charge >= 0.3 is 0 Å². The van der Waals surface area contributed by atoms with Crippen LogP contribution in [0.3, 0.4) is 0 Å². The molecule has 0 atom stereocenters. The Morgan fingerprint density at radius 3 is 2.24 bits per heavy atom. The summed E-state index contributed by atoms with van der Waals surface area (Å²) in [5, 5.41) is 23.3. The van der Waals surface area contributed by atoms with Gasteiger partial charge in [0.2, 0.25) is 16.0 Å². The van der Waals surface area contributed by atoms with E-state index < -0.39 is 15.6 Å². The van der Waals surface area contributed by atoms with Crippen LogP contribution in [0.1, 0.15) is 31.2 Å². The van der Waals surface area contributed by atoms with Gasteiger partial charge in [0, 0.05) is 37.1 Å². The van der Waals surface area contributed by atoms with Crippen LogP contribution in [0.5, 0.6) is 0 Å². The fourth-order valence-corrected chi connectivity index (χ4v) is 6.45. The van der Waals surface area contributed by atoms with Crippen LogP contribution in [0.15, 0.2) is 65.7 Å². The maximum Gasteiger partial charge on any atom is 0.243 e. The average Bonchev–Trinajstić information content (AvgIpc) is 3.42. The third-order valence-corrected chi connectivity index (χ3v) is 9.12. The molecule has 2 fully saturated rings. The molecule has 3 aromatic rings. The van der Waals surface area contributed by atoms with E-state index in [1.165, 1.54) is 4.31 Å². The zero-order valence-corrected chi connectivity index (χ0v) is 21.6. The predicted molar refractivity (Wildman–Crippen MR) is 142 cm³/mol. The highest BCUT2D eigenvalue weighted by atomic mass is 32.2. The van der Waals surface area contributed by atoms with Crippen molar-refractivity contribution >= 4 is 21.7 Å². The molecule has 37 heavy (non-hydrogen) atoms. The number of aliphatic hydroxyl groups excluding tert-OH is 1. The Balaban J connectivity index is 1.22. The van der Waals surface area contributed by atoms with Crippen molar-refractivity contribution in [1.29, 1.82) is 0 Å². The Labute approximate surface area is 217 Å². The van der Waals surface area contributed by atoms with Crippen molar-refractivity contribution in [2.24, 2.45) is 0 Å². The monoisotopic (exact) mass is 523 g/mol.